The second-order valence-corrected chi connectivity index (χ2v) is 8.13. The van der Waals surface area contributed by atoms with Crippen molar-refractivity contribution in [2.24, 2.45) is 0 Å². The van der Waals surface area contributed by atoms with Gasteiger partial charge in [-0.25, -0.2) is 0 Å². The monoisotopic (exact) mass is 449 g/mol. The first-order valence-corrected chi connectivity index (χ1v) is 11.8. The predicted molar refractivity (Wildman–Crippen MR) is 129 cm³/mol. The number of rotatable bonds is 9. The molecule has 4 aromatic rings. The van der Waals surface area contributed by atoms with Gasteiger partial charge in [-0.15, -0.1) is 10.2 Å². The van der Waals surface area contributed by atoms with E-state index >= 15 is 0 Å². The van der Waals surface area contributed by atoms with E-state index in [9.17, 15) is 4.79 Å². The zero-order valence-electron chi connectivity index (χ0n) is 18.5. The number of hydrogen-bond donors (Lipinski definition) is 1. The number of nitrogens with zero attached hydrogens (tertiary/aromatic N) is 4. The first kappa shape index (κ1) is 22.0. The second kappa shape index (κ2) is 9.91. The van der Waals surface area contributed by atoms with Crippen LogP contribution in [0, 0.1) is 0 Å². The number of carbonyl (C=O) groups is 1. The molecule has 2 aromatic heterocycles. The molecule has 0 spiro atoms. The number of para-hydroxylation sites is 1. The maximum Gasteiger partial charge on any atom is 0.234 e. The SMILES string of the molecule is CCOc1ccc(NC(=O)CSc2nnc(-c3cn(CC)c4ccccc34)n2CC)cc1. The lowest BCUT2D eigenvalue weighted by Gasteiger charge is -2.08. The standard InChI is InChI=1S/C24H27N5O2S/c1-4-28-15-20(19-9-7-8-10-21(19)28)23-26-27-24(29(23)5-2)32-16-22(30)25-17-11-13-18(14-12-17)31-6-3/h7-15H,4-6,16H2,1-3H3,(H,25,30). The molecule has 4 rings (SSSR count). The number of nitrogens with one attached hydrogen (secondary N) is 1. The highest BCUT2D eigenvalue weighted by atomic mass is 32.2. The number of benzene rings is 2. The fraction of sp³-hybridized carbons (Fsp3) is 0.292. The largest absolute Gasteiger partial charge is 0.494 e. The average Bonchev–Trinajstić information content (AvgIpc) is 3.39. The van der Waals surface area contributed by atoms with E-state index in [-0.39, 0.29) is 11.7 Å². The number of ether oxygens (including phenoxy) is 1. The van der Waals surface area contributed by atoms with Crippen molar-refractivity contribution in [1.82, 2.24) is 19.3 Å². The number of aromatic nitrogens is 4. The molecule has 0 aliphatic rings. The Balaban J connectivity index is 1.49. The Hall–Kier alpha value is -3.26. The summed E-state index contributed by atoms with van der Waals surface area (Å²) in [5.74, 6) is 1.77. The summed E-state index contributed by atoms with van der Waals surface area (Å²) in [7, 11) is 0. The third-order valence-electron chi connectivity index (χ3n) is 5.18. The van der Waals surface area contributed by atoms with Crippen LogP contribution in [0.4, 0.5) is 5.69 Å². The van der Waals surface area contributed by atoms with E-state index < -0.39 is 0 Å². The maximum atomic E-state index is 12.5. The van der Waals surface area contributed by atoms with Gasteiger partial charge in [0.2, 0.25) is 5.91 Å². The average molecular weight is 450 g/mol. The minimum Gasteiger partial charge on any atom is -0.494 e. The summed E-state index contributed by atoms with van der Waals surface area (Å²) < 4.78 is 9.72. The fourth-order valence-electron chi connectivity index (χ4n) is 3.69. The molecule has 2 aromatic carbocycles. The number of anilines is 1. The Morgan fingerprint density at radius 3 is 2.53 bits per heavy atom. The van der Waals surface area contributed by atoms with Crippen molar-refractivity contribution < 1.29 is 9.53 Å². The molecular formula is C24H27N5O2S. The Morgan fingerprint density at radius 2 is 1.81 bits per heavy atom. The number of fused-ring (bicyclic) bond motifs is 1. The van der Waals surface area contributed by atoms with E-state index in [4.69, 9.17) is 4.74 Å². The van der Waals surface area contributed by atoms with Crippen LogP contribution in [0.15, 0.2) is 59.9 Å². The van der Waals surface area contributed by atoms with Crippen molar-refractivity contribution >= 4 is 34.3 Å². The van der Waals surface area contributed by atoms with Crippen LogP contribution in [0.3, 0.4) is 0 Å². The summed E-state index contributed by atoms with van der Waals surface area (Å²) in [5, 5.41) is 13.7. The van der Waals surface area contributed by atoms with Gasteiger partial charge in [0.1, 0.15) is 5.75 Å². The van der Waals surface area contributed by atoms with Crippen LogP contribution < -0.4 is 10.1 Å². The smallest absolute Gasteiger partial charge is 0.234 e. The molecule has 0 unspecified atom stereocenters. The summed E-state index contributed by atoms with van der Waals surface area (Å²) in [5.41, 5.74) is 2.98. The number of aryl methyl sites for hydroxylation is 1. The van der Waals surface area contributed by atoms with Gasteiger partial charge < -0.3 is 19.2 Å². The van der Waals surface area contributed by atoms with Crippen LogP contribution in [0.1, 0.15) is 20.8 Å². The van der Waals surface area contributed by atoms with Crippen molar-refractivity contribution in [3.63, 3.8) is 0 Å². The van der Waals surface area contributed by atoms with E-state index in [2.05, 4.69) is 56.8 Å². The third kappa shape index (κ3) is 4.50. The summed E-state index contributed by atoms with van der Waals surface area (Å²) >= 11 is 1.39. The lowest BCUT2D eigenvalue weighted by molar-refractivity contribution is -0.113. The molecule has 166 valence electrons. The molecule has 32 heavy (non-hydrogen) atoms. The molecule has 0 saturated carbocycles. The van der Waals surface area contributed by atoms with Gasteiger partial charge >= 0.3 is 0 Å². The van der Waals surface area contributed by atoms with Gasteiger partial charge in [-0.1, -0.05) is 30.0 Å². The molecule has 2 heterocycles. The van der Waals surface area contributed by atoms with Crippen LogP contribution >= 0.6 is 11.8 Å². The number of hydrogen-bond acceptors (Lipinski definition) is 5. The lowest BCUT2D eigenvalue weighted by atomic mass is 10.1. The van der Waals surface area contributed by atoms with E-state index in [1.54, 1.807) is 0 Å². The van der Waals surface area contributed by atoms with Crippen molar-refractivity contribution in [1.29, 1.82) is 0 Å². The van der Waals surface area contributed by atoms with E-state index in [0.29, 0.717) is 6.61 Å². The van der Waals surface area contributed by atoms with Crippen molar-refractivity contribution in [2.75, 3.05) is 17.7 Å². The molecule has 8 heteroatoms. The zero-order valence-corrected chi connectivity index (χ0v) is 19.4. The van der Waals surface area contributed by atoms with Crippen LogP contribution in [0.5, 0.6) is 5.75 Å². The number of thioether (sulfide) groups is 1. The third-order valence-corrected chi connectivity index (χ3v) is 6.15. The van der Waals surface area contributed by atoms with Crippen LogP contribution in [0.25, 0.3) is 22.3 Å². The highest BCUT2D eigenvalue weighted by molar-refractivity contribution is 7.99. The summed E-state index contributed by atoms with van der Waals surface area (Å²) in [4.78, 5) is 12.5. The first-order chi connectivity index (χ1) is 15.6. The van der Waals surface area contributed by atoms with Gasteiger partial charge in [0, 0.05) is 41.4 Å². The van der Waals surface area contributed by atoms with Gasteiger partial charge in [0.25, 0.3) is 0 Å². The highest BCUT2D eigenvalue weighted by Gasteiger charge is 2.18. The molecule has 0 radical (unpaired) electrons. The van der Waals surface area contributed by atoms with Gasteiger partial charge in [-0.2, -0.15) is 0 Å². The highest BCUT2D eigenvalue weighted by Crippen LogP contribution is 2.31. The normalized spacial score (nSPS) is 11.1. The molecule has 0 fully saturated rings. The Kier molecular flexibility index (Phi) is 6.80. The quantitative estimate of drug-likeness (QED) is 0.361. The molecule has 0 aliphatic carbocycles. The van der Waals surface area contributed by atoms with Crippen molar-refractivity contribution in [2.45, 2.75) is 39.0 Å². The molecule has 1 amide bonds. The molecule has 7 nitrogen and oxygen atoms in total. The van der Waals surface area contributed by atoms with E-state index in [1.807, 2.05) is 43.3 Å². The first-order valence-electron chi connectivity index (χ1n) is 10.8. The van der Waals surface area contributed by atoms with Gasteiger partial charge in [-0.05, 0) is 51.1 Å². The van der Waals surface area contributed by atoms with E-state index in [1.165, 1.54) is 17.3 Å². The van der Waals surface area contributed by atoms with Crippen LogP contribution in [-0.2, 0) is 17.9 Å². The van der Waals surface area contributed by atoms with Gasteiger partial charge in [0.15, 0.2) is 11.0 Å². The van der Waals surface area contributed by atoms with Crippen LogP contribution in [-0.4, -0.2) is 37.6 Å². The van der Waals surface area contributed by atoms with E-state index in [0.717, 1.165) is 46.5 Å². The molecular weight excluding hydrogens is 422 g/mol. The Bertz CT molecular complexity index is 1210. The second-order valence-electron chi connectivity index (χ2n) is 7.19. The molecule has 0 saturated heterocycles. The predicted octanol–water partition coefficient (Wildman–Crippen LogP) is 5.07. The molecule has 1 N–H and O–H groups in total. The van der Waals surface area contributed by atoms with Crippen molar-refractivity contribution in [3.05, 3.63) is 54.7 Å². The number of carbonyl (C=O) groups excluding carboxylic acids is 1. The molecule has 0 bridgehead atoms. The fourth-order valence-corrected chi connectivity index (χ4v) is 4.50. The molecule has 0 aliphatic heterocycles. The van der Waals surface area contributed by atoms with Gasteiger partial charge in [-0.3, -0.25) is 4.79 Å². The number of amides is 1. The Labute approximate surface area is 191 Å². The summed E-state index contributed by atoms with van der Waals surface area (Å²) in [6.07, 6.45) is 2.13. The van der Waals surface area contributed by atoms with Gasteiger partial charge in [0.05, 0.1) is 12.4 Å². The maximum absolute atomic E-state index is 12.5. The van der Waals surface area contributed by atoms with Crippen molar-refractivity contribution in [3.8, 4) is 17.1 Å². The summed E-state index contributed by atoms with van der Waals surface area (Å²) in [6, 6.07) is 15.7. The lowest BCUT2D eigenvalue weighted by Crippen LogP contribution is -2.14. The minimum atomic E-state index is -0.0889. The molecule has 0 atom stereocenters. The Morgan fingerprint density at radius 1 is 1.03 bits per heavy atom. The summed E-state index contributed by atoms with van der Waals surface area (Å²) in [6.45, 7) is 8.35. The van der Waals surface area contributed by atoms with Crippen LogP contribution in [0.2, 0.25) is 0 Å². The topological polar surface area (TPSA) is 74.0 Å². The minimum absolute atomic E-state index is 0.0889. The zero-order chi connectivity index (χ0) is 22.5.